The van der Waals surface area contributed by atoms with Gasteiger partial charge in [0.25, 0.3) is 0 Å². The summed E-state index contributed by atoms with van der Waals surface area (Å²) in [4.78, 5) is 17.2. The lowest BCUT2D eigenvalue weighted by Gasteiger charge is -2.25. The molecule has 0 saturated carbocycles. The van der Waals surface area contributed by atoms with Crippen LogP contribution in [0.5, 0.6) is 11.5 Å². The van der Waals surface area contributed by atoms with E-state index in [9.17, 15) is 4.79 Å². The molecule has 1 aliphatic rings. The molecule has 1 aromatic heterocycles. The van der Waals surface area contributed by atoms with Crippen LogP contribution in [0.1, 0.15) is 37.4 Å². The van der Waals surface area contributed by atoms with Crippen molar-refractivity contribution in [1.29, 1.82) is 0 Å². The van der Waals surface area contributed by atoms with E-state index in [0.29, 0.717) is 12.2 Å². The minimum absolute atomic E-state index is 0.0403. The van der Waals surface area contributed by atoms with Gasteiger partial charge in [0.15, 0.2) is 0 Å². The van der Waals surface area contributed by atoms with Crippen molar-refractivity contribution < 1.29 is 14.3 Å². The molecule has 0 saturated heterocycles. The number of para-hydroxylation sites is 1. The van der Waals surface area contributed by atoms with Crippen LogP contribution < -0.4 is 14.8 Å². The summed E-state index contributed by atoms with van der Waals surface area (Å²) in [5.74, 6) is 2.02. The van der Waals surface area contributed by atoms with E-state index in [1.807, 2.05) is 66.9 Å². The maximum absolute atomic E-state index is 12.5. The summed E-state index contributed by atoms with van der Waals surface area (Å²) in [6.45, 7) is 3.99. The van der Waals surface area contributed by atoms with Gasteiger partial charge in [-0.05, 0) is 32.0 Å². The Kier molecular flexibility index (Phi) is 4.77. The predicted octanol–water partition coefficient (Wildman–Crippen LogP) is 4.14. The van der Waals surface area contributed by atoms with Crippen molar-refractivity contribution in [3.8, 4) is 17.2 Å². The highest BCUT2D eigenvalue weighted by Crippen LogP contribution is 2.41. The number of amides is 1. The van der Waals surface area contributed by atoms with E-state index >= 15 is 0 Å². The molecule has 6 nitrogen and oxygen atoms in total. The lowest BCUT2D eigenvalue weighted by Crippen LogP contribution is -2.25. The van der Waals surface area contributed by atoms with Crippen molar-refractivity contribution in [2.45, 2.75) is 32.3 Å². The molecular weight excluding hydrogens is 354 g/mol. The van der Waals surface area contributed by atoms with Gasteiger partial charge in [0.1, 0.15) is 23.6 Å². The molecule has 6 heteroatoms. The monoisotopic (exact) mass is 377 g/mol. The number of hydrogen-bond donors (Lipinski definition) is 1. The second kappa shape index (κ2) is 7.38. The van der Waals surface area contributed by atoms with Gasteiger partial charge >= 0.3 is 0 Å². The van der Waals surface area contributed by atoms with E-state index in [0.717, 1.165) is 28.4 Å². The van der Waals surface area contributed by atoms with Gasteiger partial charge < -0.3 is 14.8 Å². The fraction of sp³-hybridized carbons (Fsp3) is 0.273. The summed E-state index contributed by atoms with van der Waals surface area (Å²) in [5.41, 5.74) is 2.69. The van der Waals surface area contributed by atoms with Crippen LogP contribution in [-0.2, 0) is 4.79 Å². The SMILES string of the molecule is COc1cccc(-n2cnc3c2NC(=O)CC3c2ccccc2OC(C)C)c1. The van der Waals surface area contributed by atoms with Gasteiger partial charge in [-0.2, -0.15) is 0 Å². The normalized spacial score (nSPS) is 15.9. The van der Waals surface area contributed by atoms with Crippen LogP contribution in [-0.4, -0.2) is 28.7 Å². The van der Waals surface area contributed by atoms with Crippen LogP contribution in [0.2, 0.25) is 0 Å². The Morgan fingerprint density at radius 3 is 2.79 bits per heavy atom. The highest BCUT2D eigenvalue weighted by molar-refractivity contribution is 5.94. The van der Waals surface area contributed by atoms with Crippen molar-refractivity contribution in [3.05, 3.63) is 66.1 Å². The molecule has 0 fully saturated rings. The standard InChI is InChI=1S/C22H23N3O3/c1-14(2)28-19-10-5-4-9-17(19)18-12-20(26)24-22-21(18)23-13-25(22)15-7-6-8-16(11-15)27-3/h4-11,13-14,18H,12H2,1-3H3,(H,24,26). The summed E-state index contributed by atoms with van der Waals surface area (Å²) in [6.07, 6.45) is 2.12. The van der Waals surface area contributed by atoms with Crippen molar-refractivity contribution >= 4 is 11.7 Å². The summed E-state index contributed by atoms with van der Waals surface area (Å²) >= 11 is 0. The Hall–Kier alpha value is -3.28. The molecule has 1 N–H and O–H groups in total. The third kappa shape index (κ3) is 3.33. The Labute approximate surface area is 164 Å². The fourth-order valence-corrected chi connectivity index (χ4v) is 3.55. The predicted molar refractivity (Wildman–Crippen MR) is 107 cm³/mol. The van der Waals surface area contributed by atoms with Crippen LogP contribution in [0.15, 0.2) is 54.9 Å². The van der Waals surface area contributed by atoms with Crippen molar-refractivity contribution in [3.63, 3.8) is 0 Å². The van der Waals surface area contributed by atoms with E-state index in [2.05, 4.69) is 10.3 Å². The topological polar surface area (TPSA) is 65.4 Å². The molecule has 28 heavy (non-hydrogen) atoms. The number of carbonyl (C=O) groups is 1. The lowest BCUT2D eigenvalue weighted by atomic mass is 9.89. The Morgan fingerprint density at radius 2 is 2.00 bits per heavy atom. The molecule has 2 aromatic carbocycles. The zero-order valence-corrected chi connectivity index (χ0v) is 16.2. The highest BCUT2D eigenvalue weighted by atomic mass is 16.5. The van der Waals surface area contributed by atoms with Gasteiger partial charge in [-0.25, -0.2) is 4.98 Å². The molecule has 0 spiro atoms. The summed E-state index contributed by atoms with van der Waals surface area (Å²) < 4.78 is 13.2. The molecule has 0 radical (unpaired) electrons. The minimum Gasteiger partial charge on any atom is -0.497 e. The van der Waals surface area contributed by atoms with Crippen molar-refractivity contribution in [1.82, 2.24) is 9.55 Å². The molecule has 1 aliphatic heterocycles. The molecular formula is C22H23N3O3. The average molecular weight is 377 g/mol. The first kappa shape index (κ1) is 18.1. The second-order valence-electron chi connectivity index (χ2n) is 7.06. The van der Waals surface area contributed by atoms with Crippen LogP contribution in [0.3, 0.4) is 0 Å². The van der Waals surface area contributed by atoms with E-state index in [1.54, 1.807) is 13.4 Å². The third-order valence-corrected chi connectivity index (χ3v) is 4.76. The lowest BCUT2D eigenvalue weighted by molar-refractivity contribution is -0.116. The van der Waals surface area contributed by atoms with E-state index < -0.39 is 0 Å². The Bertz CT molecular complexity index is 1010. The number of fused-ring (bicyclic) bond motifs is 1. The molecule has 4 rings (SSSR count). The van der Waals surface area contributed by atoms with Crippen LogP contribution in [0, 0.1) is 0 Å². The molecule has 1 atom stereocenters. The van der Waals surface area contributed by atoms with E-state index in [1.165, 1.54) is 0 Å². The zero-order chi connectivity index (χ0) is 19.7. The number of carbonyl (C=O) groups excluding carboxylic acids is 1. The summed E-state index contributed by atoms with van der Waals surface area (Å²) in [5, 5.41) is 2.98. The zero-order valence-electron chi connectivity index (χ0n) is 16.2. The molecule has 3 aromatic rings. The fourth-order valence-electron chi connectivity index (χ4n) is 3.55. The first-order valence-electron chi connectivity index (χ1n) is 9.34. The Balaban J connectivity index is 1.79. The van der Waals surface area contributed by atoms with Crippen molar-refractivity contribution in [2.75, 3.05) is 12.4 Å². The molecule has 1 unspecified atom stereocenters. The number of anilines is 1. The van der Waals surface area contributed by atoms with Crippen LogP contribution in [0.25, 0.3) is 5.69 Å². The van der Waals surface area contributed by atoms with Gasteiger partial charge in [0.2, 0.25) is 5.91 Å². The number of hydrogen-bond acceptors (Lipinski definition) is 4. The summed E-state index contributed by atoms with van der Waals surface area (Å²) in [7, 11) is 1.63. The maximum Gasteiger partial charge on any atom is 0.226 e. The number of benzene rings is 2. The second-order valence-corrected chi connectivity index (χ2v) is 7.06. The number of nitrogens with zero attached hydrogens (tertiary/aromatic N) is 2. The minimum atomic E-state index is -0.162. The quantitative estimate of drug-likeness (QED) is 0.726. The van der Waals surface area contributed by atoms with Gasteiger partial charge in [0, 0.05) is 24.0 Å². The Morgan fingerprint density at radius 1 is 1.18 bits per heavy atom. The maximum atomic E-state index is 12.5. The van der Waals surface area contributed by atoms with Gasteiger partial charge in [-0.1, -0.05) is 24.3 Å². The number of imidazole rings is 1. The third-order valence-electron chi connectivity index (χ3n) is 4.76. The largest absolute Gasteiger partial charge is 0.497 e. The summed E-state index contributed by atoms with van der Waals surface area (Å²) in [6, 6.07) is 15.5. The van der Waals surface area contributed by atoms with Crippen LogP contribution >= 0.6 is 0 Å². The van der Waals surface area contributed by atoms with Gasteiger partial charge in [-0.15, -0.1) is 0 Å². The number of nitrogens with one attached hydrogen (secondary N) is 1. The van der Waals surface area contributed by atoms with E-state index in [4.69, 9.17) is 9.47 Å². The molecule has 144 valence electrons. The van der Waals surface area contributed by atoms with Crippen molar-refractivity contribution in [2.24, 2.45) is 0 Å². The van der Waals surface area contributed by atoms with E-state index in [-0.39, 0.29) is 17.9 Å². The first-order chi connectivity index (χ1) is 13.6. The number of rotatable bonds is 5. The number of methoxy groups -OCH3 is 1. The first-order valence-corrected chi connectivity index (χ1v) is 9.34. The average Bonchev–Trinajstić information content (AvgIpc) is 3.11. The van der Waals surface area contributed by atoms with Gasteiger partial charge in [0.05, 0.1) is 24.6 Å². The molecule has 0 bridgehead atoms. The molecule has 0 aliphatic carbocycles. The number of ether oxygens (including phenoxy) is 2. The smallest absolute Gasteiger partial charge is 0.226 e. The van der Waals surface area contributed by atoms with Gasteiger partial charge in [-0.3, -0.25) is 9.36 Å². The molecule has 1 amide bonds. The molecule has 2 heterocycles. The van der Waals surface area contributed by atoms with Crippen LogP contribution in [0.4, 0.5) is 5.82 Å². The highest BCUT2D eigenvalue weighted by Gasteiger charge is 2.32. The number of aromatic nitrogens is 2.